The molecule has 32 heavy (non-hydrogen) atoms. The quantitative estimate of drug-likeness (QED) is 0.604. The monoisotopic (exact) mass is 440 g/mol. The molecule has 7 heteroatoms. The number of benzene rings is 1. The van der Waals surface area contributed by atoms with Crippen molar-refractivity contribution >= 4 is 0 Å². The van der Waals surface area contributed by atoms with Crippen LogP contribution in [0.5, 0.6) is 0 Å². The Kier molecular flexibility index (Phi) is 5.46. The predicted octanol–water partition coefficient (Wildman–Crippen LogP) is 4.69. The first-order chi connectivity index (χ1) is 14.9. The Hall–Kier alpha value is -2.64. The number of likely N-dealkylation sites (tertiary alicyclic amines) is 1. The van der Waals surface area contributed by atoms with E-state index in [1.807, 2.05) is 25.2 Å². The van der Waals surface area contributed by atoms with E-state index in [1.165, 1.54) is 22.7 Å². The zero-order valence-corrected chi connectivity index (χ0v) is 19.2. The van der Waals surface area contributed by atoms with E-state index in [0.29, 0.717) is 17.2 Å². The SMILES string of the molecule is CC(C)c1ccc([C@](O)(c2cncc(-n3cnc(C(C)(F)F)c3)c2)C2(C)CN(C)C2)cc1. The van der Waals surface area contributed by atoms with Crippen molar-refractivity contribution in [2.45, 2.75) is 45.1 Å². The van der Waals surface area contributed by atoms with Crippen LogP contribution in [-0.4, -0.2) is 44.7 Å². The molecule has 1 aromatic carbocycles. The van der Waals surface area contributed by atoms with Gasteiger partial charge >= 0.3 is 0 Å². The Morgan fingerprint density at radius 3 is 2.28 bits per heavy atom. The fourth-order valence-electron chi connectivity index (χ4n) is 4.80. The Labute approximate surface area is 187 Å². The fraction of sp³-hybridized carbons (Fsp3) is 0.440. The molecule has 0 unspecified atom stereocenters. The maximum atomic E-state index is 13.7. The van der Waals surface area contributed by atoms with Gasteiger partial charge in [0.2, 0.25) is 0 Å². The summed E-state index contributed by atoms with van der Waals surface area (Å²) in [5, 5.41) is 12.3. The van der Waals surface area contributed by atoms with E-state index in [4.69, 9.17) is 0 Å². The summed E-state index contributed by atoms with van der Waals surface area (Å²) >= 11 is 0. The van der Waals surface area contributed by atoms with Gasteiger partial charge in [-0.05, 0) is 30.2 Å². The van der Waals surface area contributed by atoms with E-state index in [1.54, 1.807) is 12.4 Å². The highest BCUT2D eigenvalue weighted by Crippen LogP contribution is 2.50. The molecule has 2 aromatic heterocycles. The maximum absolute atomic E-state index is 13.7. The van der Waals surface area contributed by atoms with Crippen LogP contribution < -0.4 is 0 Å². The summed E-state index contributed by atoms with van der Waals surface area (Å²) in [6, 6.07) is 9.89. The van der Waals surface area contributed by atoms with Crippen LogP contribution in [0.25, 0.3) is 5.69 Å². The van der Waals surface area contributed by atoms with Crippen molar-refractivity contribution in [2.75, 3.05) is 20.1 Å². The summed E-state index contributed by atoms with van der Waals surface area (Å²) in [5.74, 6) is -2.64. The van der Waals surface area contributed by atoms with Crippen LogP contribution in [0.15, 0.2) is 55.2 Å². The van der Waals surface area contributed by atoms with Crippen molar-refractivity contribution < 1.29 is 13.9 Å². The molecule has 1 saturated heterocycles. The molecule has 5 nitrogen and oxygen atoms in total. The van der Waals surface area contributed by atoms with Crippen LogP contribution >= 0.6 is 0 Å². The number of rotatable bonds is 6. The van der Waals surface area contributed by atoms with Gasteiger partial charge in [-0.3, -0.25) is 4.98 Å². The average molecular weight is 441 g/mol. The maximum Gasteiger partial charge on any atom is 0.288 e. The van der Waals surface area contributed by atoms with Crippen molar-refractivity contribution in [1.29, 1.82) is 0 Å². The fourth-order valence-corrected chi connectivity index (χ4v) is 4.80. The van der Waals surface area contributed by atoms with Crippen molar-refractivity contribution in [2.24, 2.45) is 5.41 Å². The lowest BCUT2D eigenvalue weighted by atomic mass is 9.62. The van der Waals surface area contributed by atoms with Gasteiger partial charge in [-0.1, -0.05) is 45.0 Å². The number of aromatic nitrogens is 3. The molecular formula is C25H30F2N4O. The minimum atomic E-state index is -3.03. The molecule has 1 atom stereocenters. The minimum absolute atomic E-state index is 0.310. The second kappa shape index (κ2) is 7.74. The van der Waals surface area contributed by atoms with Gasteiger partial charge in [-0.2, -0.15) is 8.78 Å². The summed E-state index contributed by atoms with van der Waals surface area (Å²) in [5.41, 5.74) is 1.15. The Morgan fingerprint density at radius 2 is 1.75 bits per heavy atom. The van der Waals surface area contributed by atoms with Crippen LogP contribution in [0, 0.1) is 5.41 Å². The molecule has 0 amide bonds. The summed E-state index contributed by atoms with van der Waals surface area (Å²) in [6.07, 6.45) is 5.90. The highest BCUT2D eigenvalue weighted by Gasteiger charge is 2.55. The number of imidazole rings is 1. The Balaban J connectivity index is 1.80. The van der Waals surface area contributed by atoms with E-state index in [2.05, 4.69) is 47.8 Å². The van der Waals surface area contributed by atoms with Crippen molar-refractivity contribution in [3.8, 4) is 5.69 Å². The molecule has 170 valence electrons. The molecule has 1 N–H and O–H groups in total. The van der Waals surface area contributed by atoms with Crippen molar-refractivity contribution in [1.82, 2.24) is 19.4 Å². The van der Waals surface area contributed by atoms with E-state index in [9.17, 15) is 13.9 Å². The second-order valence-corrected chi connectivity index (χ2v) is 9.71. The lowest BCUT2D eigenvalue weighted by Crippen LogP contribution is -2.63. The number of hydrogen-bond donors (Lipinski definition) is 1. The van der Waals surface area contributed by atoms with Crippen LogP contribution in [-0.2, 0) is 11.5 Å². The number of nitrogens with zero attached hydrogens (tertiary/aromatic N) is 4. The molecule has 0 aliphatic carbocycles. The van der Waals surface area contributed by atoms with Gasteiger partial charge in [-0.25, -0.2) is 4.98 Å². The van der Waals surface area contributed by atoms with Crippen LogP contribution in [0.3, 0.4) is 0 Å². The molecule has 1 aliphatic heterocycles. The number of halogens is 2. The predicted molar refractivity (Wildman–Crippen MR) is 120 cm³/mol. The third-order valence-electron chi connectivity index (χ3n) is 6.58. The lowest BCUT2D eigenvalue weighted by Gasteiger charge is -2.55. The van der Waals surface area contributed by atoms with E-state index in [0.717, 1.165) is 25.6 Å². The van der Waals surface area contributed by atoms with Gasteiger partial charge in [0.05, 0.1) is 18.2 Å². The van der Waals surface area contributed by atoms with Gasteiger partial charge in [0.1, 0.15) is 11.3 Å². The van der Waals surface area contributed by atoms with Crippen LogP contribution in [0.4, 0.5) is 8.78 Å². The smallest absolute Gasteiger partial charge is 0.288 e. The first-order valence-corrected chi connectivity index (χ1v) is 10.8. The Morgan fingerprint density at radius 1 is 1.09 bits per heavy atom. The van der Waals surface area contributed by atoms with Gasteiger partial charge in [-0.15, -0.1) is 0 Å². The summed E-state index contributed by atoms with van der Waals surface area (Å²) < 4.78 is 28.9. The third-order valence-corrected chi connectivity index (χ3v) is 6.58. The Bertz CT molecular complexity index is 1100. The van der Waals surface area contributed by atoms with E-state index in [-0.39, 0.29) is 5.69 Å². The minimum Gasteiger partial charge on any atom is -0.380 e. The molecule has 3 heterocycles. The number of aliphatic hydroxyl groups is 1. The third kappa shape index (κ3) is 3.73. The molecule has 1 aliphatic rings. The lowest BCUT2D eigenvalue weighted by molar-refractivity contribution is -0.127. The van der Waals surface area contributed by atoms with E-state index >= 15 is 0 Å². The molecular weight excluding hydrogens is 410 g/mol. The largest absolute Gasteiger partial charge is 0.380 e. The normalized spacial score (nSPS) is 18.4. The van der Waals surface area contributed by atoms with Crippen molar-refractivity contribution in [3.05, 3.63) is 77.6 Å². The van der Waals surface area contributed by atoms with Crippen LogP contribution in [0.2, 0.25) is 0 Å². The molecule has 0 spiro atoms. The molecule has 4 rings (SSSR count). The number of pyridine rings is 1. The second-order valence-electron chi connectivity index (χ2n) is 9.71. The molecule has 0 radical (unpaired) electrons. The van der Waals surface area contributed by atoms with Gasteiger partial charge in [0, 0.05) is 43.4 Å². The highest BCUT2D eigenvalue weighted by molar-refractivity contribution is 5.44. The number of alkyl halides is 2. The molecule has 3 aromatic rings. The molecule has 0 saturated carbocycles. The van der Waals surface area contributed by atoms with Gasteiger partial charge in [0.25, 0.3) is 5.92 Å². The van der Waals surface area contributed by atoms with Gasteiger partial charge < -0.3 is 14.6 Å². The van der Waals surface area contributed by atoms with E-state index < -0.39 is 16.9 Å². The molecule has 1 fully saturated rings. The van der Waals surface area contributed by atoms with Gasteiger partial charge in [0.15, 0.2) is 0 Å². The first-order valence-electron chi connectivity index (χ1n) is 10.8. The summed E-state index contributed by atoms with van der Waals surface area (Å²) in [6.45, 7) is 8.60. The van der Waals surface area contributed by atoms with Crippen molar-refractivity contribution in [3.63, 3.8) is 0 Å². The molecule has 0 bridgehead atoms. The standard InChI is InChI=1S/C25H30F2N4O/c1-17(2)18-6-8-19(9-7-18)25(32,23(3)14-30(5)15-23)20-10-21(12-28-11-20)31-13-22(29-16-31)24(4,26)27/h6-13,16-17,32H,14-15H2,1-5H3/t25-/m0/s1. The van der Waals surface area contributed by atoms with Crippen LogP contribution in [0.1, 0.15) is 56.0 Å². The summed E-state index contributed by atoms with van der Waals surface area (Å²) in [7, 11) is 2.02. The average Bonchev–Trinajstić information content (AvgIpc) is 3.23. The first kappa shape index (κ1) is 22.6. The zero-order chi connectivity index (χ0) is 23.3. The summed E-state index contributed by atoms with van der Waals surface area (Å²) in [4.78, 5) is 10.4. The highest BCUT2D eigenvalue weighted by atomic mass is 19.3. The topological polar surface area (TPSA) is 54.2 Å². The zero-order valence-electron chi connectivity index (χ0n) is 19.2. The number of hydrogen-bond acceptors (Lipinski definition) is 4.